The molecule has 0 aromatic heterocycles. The number of benzene rings is 1. The van der Waals surface area contributed by atoms with Gasteiger partial charge in [-0.1, -0.05) is 23.8 Å². The molecule has 0 aliphatic carbocycles. The number of hydrogen-bond acceptors (Lipinski definition) is 2. The van der Waals surface area contributed by atoms with E-state index in [4.69, 9.17) is 0 Å². The summed E-state index contributed by atoms with van der Waals surface area (Å²) >= 11 is 0. The number of amides is 1. The lowest BCUT2D eigenvalue weighted by Crippen LogP contribution is -2.44. The van der Waals surface area contributed by atoms with Crippen molar-refractivity contribution < 1.29 is 4.79 Å². The molecule has 1 N–H and O–H groups in total. The van der Waals surface area contributed by atoms with Crippen LogP contribution in [0.3, 0.4) is 0 Å². The first-order valence-corrected chi connectivity index (χ1v) is 6.90. The van der Waals surface area contributed by atoms with Crippen molar-refractivity contribution in [2.24, 2.45) is 0 Å². The number of carbonyl (C=O) groups is 1. The molecule has 0 spiro atoms. The molecule has 1 amide bonds. The van der Waals surface area contributed by atoms with Crippen LogP contribution in [0, 0.1) is 0 Å². The topological polar surface area (TPSA) is 32.3 Å². The van der Waals surface area contributed by atoms with Gasteiger partial charge in [-0.25, -0.2) is 0 Å². The summed E-state index contributed by atoms with van der Waals surface area (Å²) in [6.45, 7) is 5.58. The lowest BCUT2D eigenvalue weighted by molar-refractivity contribution is -0.127. The zero-order chi connectivity index (χ0) is 13.7. The number of para-hydroxylation sites is 1. The molecule has 0 radical (unpaired) electrons. The molecule has 3 nitrogen and oxygen atoms in total. The number of nitrogens with zero attached hydrogens (tertiary/aromatic N) is 1. The number of carbonyl (C=O) groups excluding carboxylic acids is 1. The number of allylic oxidation sites excluding steroid dienone is 1. The quantitative estimate of drug-likeness (QED) is 0.845. The summed E-state index contributed by atoms with van der Waals surface area (Å²) in [5.74, 6) is 0.138. The van der Waals surface area contributed by atoms with Crippen LogP contribution >= 0.6 is 0 Å². The van der Waals surface area contributed by atoms with Crippen molar-refractivity contribution in [2.75, 3.05) is 18.4 Å². The zero-order valence-electron chi connectivity index (χ0n) is 11.7. The fraction of sp³-hybridized carbons (Fsp3) is 0.438. The van der Waals surface area contributed by atoms with E-state index in [9.17, 15) is 4.79 Å². The minimum absolute atomic E-state index is 0.138. The highest BCUT2D eigenvalue weighted by atomic mass is 16.2. The van der Waals surface area contributed by atoms with Gasteiger partial charge in [0.2, 0.25) is 5.91 Å². The Balaban J connectivity index is 1.94. The van der Waals surface area contributed by atoms with Crippen molar-refractivity contribution in [2.45, 2.75) is 32.7 Å². The summed E-state index contributed by atoms with van der Waals surface area (Å²) < 4.78 is 0. The summed E-state index contributed by atoms with van der Waals surface area (Å²) in [4.78, 5) is 14.0. The Labute approximate surface area is 115 Å². The summed E-state index contributed by atoms with van der Waals surface area (Å²) in [6, 6.07) is 10.5. The van der Waals surface area contributed by atoms with Crippen LogP contribution in [-0.4, -0.2) is 29.9 Å². The minimum Gasteiger partial charge on any atom is -0.381 e. The monoisotopic (exact) mass is 258 g/mol. The molecule has 0 saturated carbocycles. The van der Waals surface area contributed by atoms with Crippen LogP contribution in [0.25, 0.3) is 0 Å². The van der Waals surface area contributed by atoms with E-state index in [-0.39, 0.29) is 5.91 Å². The number of likely N-dealkylation sites (tertiary alicyclic amines) is 1. The average molecular weight is 258 g/mol. The third kappa shape index (κ3) is 4.12. The summed E-state index contributed by atoms with van der Waals surface area (Å²) in [7, 11) is 0. The van der Waals surface area contributed by atoms with E-state index in [1.165, 1.54) is 0 Å². The fourth-order valence-corrected chi connectivity index (χ4v) is 2.40. The van der Waals surface area contributed by atoms with Crippen LogP contribution in [0.15, 0.2) is 42.0 Å². The molecule has 2 rings (SSSR count). The number of piperidine rings is 1. The smallest absolute Gasteiger partial charge is 0.246 e. The Bertz CT molecular complexity index is 449. The van der Waals surface area contributed by atoms with E-state index < -0.39 is 0 Å². The van der Waals surface area contributed by atoms with Gasteiger partial charge in [-0.15, -0.1) is 0 Å². The Morgan fingerprint density at radius 1 is 1.32 bits per heavy atom. The van der Waals surface area contributed by atoms with E-state index in [0.717, 1.165) is 37.2 Å². The fourth-order valence-electron chi connectivity index (χ4n) is 2.40. The van der Waals surface area contributed by atoms with Crippen LogP contribution < -0.4 is 5.32 Å². The van der Waals surface area contributed by atoms with Gasteiger partial charge >= 0.3 is 0 Å². The second kappa shape index (κ2) is 6.41. The molecule has 3 heteroatoms. The molecule has 1 fully saturated rings. The lowest BCUT2D eigenvalue weighted by Gasteiger charge is -2.33. The molecular weight excluding hydrogens is 236 g/mol. The Morgan fingerprint density at radius 3 is 2.74 bits per heavy atom. The van der Waals surface area contributed by atoms with Gasteiger partial charge < -0.3 is 10.2 Å². The zero-order valence-corrected chi connectivity index (χ0v) is 11.7. The van der Waals surface area contributed by atoms with Gasteiger partial charge in [-0.2, -0.15) is 0 Å². The summed E-state index contributed by atoms with van der Waals surface area (Å²) in [6.07, 6.45) is 3.91. The number of rotatable bonds is 3. The van der Waals surface area contributed by atoms with Crippen molar-refractivity contribution in [3.8, 4) is 0 Å². The van der Waals surface area contributed by atoms with E-state index in [1.54, 1.807) is 6.08 Å². The molecule has 1 aromatic carbocycles. The van der Waals surface area contributed by atoms with Crippen LogP contribution in [0.1, 0.15) is 26.7 Å². The number of nitrogens with one attached hydrogen (secondary N) is 1. The van der Waals surface area contributed by atoms with Crippen LogP contribution in [0.2, 0.25) is 0 Å². The third-order valence-electron chi connectivity index (χ3n) is 3.29. The van der Waals surface area contributed by atoms with Crippen molar-refractivity contribution >= 4 is 11.6 Å². The second-order valence-electron chi connectivity index (χ2n) is 5.36. The van der Waals surface area contributed by atoms with Gasteiger partial charge in [0.15, 0.2) is 0 Å². The Morgan fingerprint density at radius 2 is 2.05 bits per heavy atom. The molecule has 1 aliphatic heterocycles. The standard InChI is InChI=1S/C16H22N2O/c1-13(2)11-16(19)18-10-6-9-15(12-18)17-14-7-4-3-5-8-14/h3-5,7-8,11,15,17H,6,9-10,12H2,1-2H3. The molecule has 1 atom stereocenters. The SMILES string of the molecule is CC(C)=CC(=O)N1CCCC(Nc2ccccc2)C1. The first-order valence-electron chi connectivity index (χ1n) is 6.90. The van der Waals surface area contributed by atoms with Crippen LogP contribution in [0.5, 0.6) is 0 Å². The van der Waals surface area contributed by atoms with Crippen molar-refractivity contribution in [3.63, 3.8) is 0 Å². The highest BCUT2D eigenvalue weighted by molar-refractivity contribution is 5.88. The lowest BCUT2D eigenvalue weighted by atomic mass is 10.0. The number of anilines is 1. The highest BCUT2D eigenvalue weighted by Gasteiger charge is 2.22. The minimum atomic E-state index is 0.138. The number of hydrogen-bond donors (Lipinski definition) is 1. The van der Waals surface area contributed by atoms with E-state index in [0.29, 0.717) is 6.04 Å². The predicted octanol–water partition coefficient (Wildman–Crippen LogP) is 3.06. The maximum atomic E-state index is 12.0. The van der Waals surface area contributed by atoms with Gasteiger partial charge in [0.25, 0.3) is 0 Å². The Hall–Kier alpha value is -1.77. The van der Waals surface area contributed by atoms with Crippen LogP contribution in [0.4, 0.5) is 5.69 Å². The largest absolute Gasteiger partial charge is 0.381 e. The predicted molar refractivity (Wildman–Crippen MR) is 79.1 cm³/mol. The Kier molecular flexibility index (Phi) is 4.61. The van der Waals surface area contributed by atoms with Crippen molar-refractivity contribution in [1.29, 1.82) is 0 Å². The normalized spacial score (nSPS) is 18.8. The molecule has 1 unspecified atom stereocenters. The average Bonchev–Trinajstić information content (AvgIpc) is 2.39. The maximum Gasteiger partial charge on any atom is 0.246 e. The van der Waals surface area contributed by atoms with E-state index in [1.807, 2.05) is 36.9 Å². The van der Waals surface area contributed by atoms with Crippen LogP contribution in [-0.2, 0) is 4.79 Å². The van der Waals surface area contributed by atoms with Gasteiger partial charge in [0.1, 0.15) is 0 Å². The molecular formula is C16H22N2O. The van der Waals surface area contributed by atoms with Crippen molar-refractivity contribution in [3.05, 3.63) is 42.0 Å². The molecule has 102 valence electrons. The molecule has 1 heterocycles. The first-order chi connectivity index (χ1) is 9.15. The molecule has 1 aliphatic rings. The summed E-state index contributed by atoms with van der Waals surface area (Å²) in [5.41, 5.74) is 2.19. The molecule has 19 heavy (non-hydrogen) atoms. The first kappa shape index (κ1) is 13.7. The summed E-state index contributed by atoms with van der Waals surface area (Å²) in [5, 5.41) is 3.50. The van der Waals surface area contributed by atoms with Crippen molar-refractivity contribution in [1.82, 2.24) is 4.90 Å². The van der Waals surface area contributed by atoms with E-state index in [2.05, 4.69) is 17.4 Å². The second-order valence-corrected chi connectivity index (χ2v) is 5.36. The van der Waals surface area contributed by atoms with Gasteiger partial charge in [0, 0.05) is 30.9 Å². The maximum absolute atomic E-state index is 12.0. The van der Waals surface area contributed by atoms with E-state index >= 15 is 0 Å². The van der Waals surface area contributed by atoms with Gasteiger partial charge in [-0.3, -0.25) is 4.79 Å². The third-order valence-corrected chi connectivity index (χ3v) is 3.29. The van der Waals surface area contributed by atoms with Gasteiger partial charge in [-0.05, 0) is 38.8 Å². The molecule has 1 aromatic rings. The molecule has 1 saturated heterocycles. The van der Waals surface area contributed by atoms with Gasteiger partial charge in [0.05, 0.1) is 0 Å². The highest BCUT2D eigenvalue weighted by Crippen LogP contribution is 2.16. The molecule has 0 bridgehead atoms.